The van der Waals surface area contributed by atoms with Crippen molar-refractivity contribution in [2.24, 2.45) is 0 Å². The van der Waals surface area contributed by atoms with Gasteiger partial charge in [0.2, 0.25) is 5.91 Å². The van der Waals surface area contributed by atoms with E-state index in [9.17, 15) is 14.4 Å². The van der Waals surface area contributed by atoms with Crippen molar-refractivity contribution >= 4 is 36.3 Å². The molecule has 1 atom stereocenters. The minimum Gasteiger partial charge on any atom is -0.274 e. The number of nitrogens with zero attached hydrogens (tertiary/aromatic N) is 1. The first-order valence-electron chi connectivity index (χ1n) is 11.1. The zero-order chi connectivity index (χ0) is 23.5. The van der Waals surface area contributed by atoms with E-state index in [0.717, 1.165) is 21.1 Å². The van der Waals surface area contributed by atoms with Crippen LogP contribution in [0.15, 0.2) is 115 Å². The van der Waals surface area contributed by atoms with Gasteiger partial charge in [-0.2, -0.15) is 0 Å². The van der Waals surface area contributed by atoms with E-state index in [1.165, 1.54) is 0 Å². The molecule has 0 bridgehead atoms. The van der Waals surface area contributed by atoms with Crippen molar-refractivity contribution in [3.63, 3.8) is 0 Å². The first-order chi connectivity index (χ1) is 16.6. The maximum atomic E-state index is 13.6. The van der Waals surface area contributed by atoms with Crippen LogP contribution in [-0.4, -0.2) is 22.6 Å². The van der Waals surface area contributed by atoms with Crippen molar-refractivity contribution in [2.75, 3.05) is 0 Å². The van der Waals surface area contributed by atoms with Gasteiger partial charge in [-0.05, 0) is 36.2 Å². The van der Waals surface area contributed by atoms with Crippen LogP contribution < -0.4 is 10.6 Å². The number of carbonyl (C=O) groups excluding carboxylic acids is 3. The smallest absolute Gasteiger partial charge is 0.268 e. The van der Waals surface area contributed by atoms with Crippen molar-refractivity contribution in [2.45, 2.75) is 12.1 Å². The zero-order valence-electron chi connectivity index (χ0n) is 18.4. The Kier molecular flexibility index (Phi) is 6.16. The van der Waals surface area contributed by atoms with E-state index in [1.807, 2.05) is 66.7 Å². The molecule has 3 amide bonds. The molecular weight excluding hydrogens is 441 g/mol. The number of amides is 3. The molecule has 0 unspecified atom stereocenters. The molecule has 4 nitrogen and oxygen atoms in total. The van der Waals surface area contributed by atoms with E-state index in [1.54, 1.807) is 24.3 Å². The first-order valence-corrected chi connectivity index (χ1v) is 12.5. The summed E-state index contributed by atoms with van der Waals surface area (Å²) in [5.41, 5.74) is 1.36. The van der Waals surface area contributed by atoms with E-state index in [2.05, 4.69) is 24.3 Å². The summed E-state index contributed by atoms with van der Waals surface area (Å²) in [5.74, 6) is -1.55. The Balaban J connectivity index is 1.56. The van der Waals surface area contributed by atoms with Gasteiger partial charge in [0.1, 0.15) is 0 Å². The number of fused-ring (bicyclic) bond motifs is 1. The fraction of sp³-hybridized carbons (Fsp3) is 0.0690. The molecular formula is C29H22NO3P. The van der Waals surface area contributed by atoms with Crippen molar-refractivity contribution in [1.82, 2.24) is 4.90 Å². The average Bonchev–Trinajstić information content (AvgIpc) is 3.15. The van der Waals surface area contributed by atoms with Gasteiger partial charge in [0, 0.05) is 12.1 Å². The number of hydrogen-bond donors (Lipinski definition) is 0. The predicted octanol–water partition coefficient (Wildman–Crippen LogP) is 5.07. The fourth-order valence-electron chi connectivity index (χ4n) is 4.39. The summed E-state index contributed by atoms with van der Waals surface area (Å²) in [4.78, 5) is 40.3. The molecule has 34 heavy (non-hydrogen) atoms. The normalized spacial score (nSPS) is 13.7. The van der Waals surface area contributed by atoms with E-state index in [4.69, 9.17) is 0 Å². The number of carbonyl (C=O) groups is 3. The Morgan fingerprint density at radius 1 is 0.618 bits per heavy atom. The molecule has 1 heterocycles. The molecule has 0 aromatic heterocycles. The molecule has 0 aliphatic carbocycles. The zero-order valence-corrected chi connectivity index (χ0v) is 19.3. The average molecular weight is 463 g/mol. The highest BCUT2D eigenvalue weighted by Gasteiger charge is 2.41. The molecule has 166 valence electrons. The SMILES string of the molecule is O=C(C[C@@H](c1ccccc1)P(c1ccccc1)c1ccccc1)N1C(=O)c2ccccc2C1=O. The second-order valence-corrected chi connectivity index (χ2v) is 10.5. The fourth-order valence-corrected chi connectivity index (χ4v) is 7.21. The monoisotopic (exact) mass is 463 g/mol. The highest BCUT2D eigenvalue weighted by molar-refractivity contribution is 7.73. The van der Waals surface area contributed by atoms with Gasteiger partial charge >= 0.3 is 0 Å². The van der Waals surface area contributed by atoms with E-state index in [0.29, 0.717) is 0 Å². The lowest BCUT2D eigenvalue weighted by Gasteiger charge is -2.29. The predicted molar refractivity (Wildman–Crippen MR) is 135 cm³/mol. The lowest BCUT2D eigenvalue weighted by molar-refractivity contribution is -0.126. The summed E-state index contributed by atoms with van der Waals surface area (Å²) in [6, 6.07) is 36.8. The third-order valence-corrected chi connectivity index (χ3v) is 8.79. The molecule has 1 aliphatic rings. The van der Waals surface area contributed by atoms with Gasteiger partial charge in [-0.1, -0.05) is 103 Å². The summed E-state index contributed by atoms with van der Waals surface area (Å²) in [5, 5.41) is 2.26. The van der Waals surface area contributed by atoms with Crippen LogP contribution in [0, 0.1) is 0 Å². The first kappa shape index (κ1) is 21.9. The van der Waals surface area contributed by atoms with Crippen molar-refractivity contribution in [3.05, 3.63) is 132 Å². The summed E-state index contributed by atoms with van der Waals surface area (Å²) in [6.45, 7) is 0. The van der Waals surface area contributed by atoms with Gasteiger partial charge in [0.05, 0.1) is 11.1 Å². The van der Waals surface area contributed by atoms with Crippen LogP contribution >= 0.6 is 7.92 Å². The molecule has 0 N–H and O–H groups in total. The Morgan fingerprint density at radius 2 is 1.03 bits per heavy atom. The second kappa shape index (κ2) is 9.54. The number of rotatable bonds is 6. The Hall–Kier alpha value is -3.88. The van der Waals surface area contributed by atoms with Gasteiger partial charge in [-0.25, -0.2) is 4.90 Å². The van der Waals surface area contributed by atoms with Gasteiger partial charge in [-0.3, -0.25) is 14.4 Å². The van der Waals surface area contributed by atoms with Gasteiger partial charge in [-0.15, -0.1) is 0 Å². The number of benzene rings is 4. The third kappa shape index (κ3) is 4.09. The van der Waals surface area contributed by atoms with Gasteiger partial charge < -0.3 is 0 Å². The Labute approximate surface area is 199 Å². The maximum Gasteiger partial charge on any atom is 0.268 e. The van der Waals surface area contributed by atoms with Crippen molar-refractivity contribution in [3.8, 4) is 0 Å². The van der Waals surface area contributed by atoms with Crippen LogP contribution in [0.1, 0.15) is 38.4 Å². The topological polar surface area (TPSA) is 54.5 Å². The van der Waals surface area contributed by atoms with Gasteiger partial charge in [0.15, 0.2) is 0 Å². The Bertz CT molecular complexity index is 1270. The quantitative estimate of drug-likeness (QED) is 0.296. The molecule has 0 spiro atoms. The summed E-state index contributed by atoms with van der Waals surface area (Å²) >= 11 is 0. The standard InChI is InChI=1S/C29H22NO3P/c31-27(30-28(32)24-18-10-11-19-25(24)29(30)33)20-26(21-12-4-1-5-13-21)34(22-14-6-2-7-15-22)23-16-8-3-9-17-23/h1-19,26H,20H2/t26-/m0/s1. The molecule has 4 aromatic rings. The van der Waals surface area contributed by atoms with Crippen LogP contribution in [0.4, 0.5) is 0 Å². The summed E-state index contributed by atoms with van der Waals surface area (Å²) in [7, 11) is -0.995. The highest BCUT2D eigenvalue weighted by Crippen LogP contribution is 2.51. The van der Waals surface area contributed by atoms with Crippen molar-refractivity contribution < 1.29 is 14.4 Å². The summed E-state index contributed by atoms with van der Waals surface area (Å²) in [6.07, 6.45) is 0.0466. The minimum atomic E-state index is -0.995. The molecule has 4 aromatic carbocycles. The molecule has 0 saturated heterocycles. The Morgan fingerprint density at radius 3 is 1.50 bits per heavy atom. The third-order valence-electron chi connectivity index (χ3n) is 5.98. The molecule has 0 fully saturated rings. The van der Waals surface area contributed by atoms with E-state index >= 15 is 0 Å². The highest BCUT2D eigenvalue weighted by atomic mass is 31.1. The maximum absolute atomic E-state index is 13.6. The van der Waals surface area contributed by atoms with Crippen LogP contribution in [0.5, 0.6) is 0 Å². The van der Waals surface area contributed by atoms with Crippen LogP contribution in [0.3, 0.4) is 0 Å². The number of imide groups is 3. The lowest BCUT2D eigenvalue weighted by Crippen LogP contribution is -2.37. The lowest BCUT2D eigenvalue weighted by atomic mass is 10.1. The van der Waals surface area contributed by atoms with Crippen LogP contribution in [-0.2, 0) is 4.79 Å². The second-order valence-electron chi connectivity index (χ2n) is 8.06. The van der Waals surface area contributed by atoms with Crippen LogP contribution in [0.2, 0.25) is 0 Å². The van der Waals surface area contributed by atoms with Crippen LogP contribution in [0.25, 0.3) is 0 Å². The van der Waals surface area contributed by atoms with E-state index in [-0.39, 0.29) is 23.2 Å². The molecule has 5 rings (SSSR count). The largest absolute Gasteiger partial charge is 0.274 e. The molecule has 5 heteroatoms. The molecule has 0 radical (unpaired) electrons. The minimum absolute atomic E-state index is 0.0466. The van der Waals surface area contributed by atoms with Crippen molar-refractivity contribution in [1.29, 1.82) is 0 Å². The molecule has 0 saturated carbocycles. The number of hydrogen-bond acceptors (Lipinski definition) is 3. The molecule has 1 aliphatic heterocycles. The summed E-state index contributed by atoms with van der Waals surface area (Å²) < 4.78 is 0. The van der Waals surface area contributed by atoms with Gasteiger partial charge in [0.25, 0.3) is 11.8 Å². The van der Waals surface area contributed by atoms with E-state index < -0.39 is 25.6 Å².